The molecule has 3 aromatic rings. The fraction of sp³-hybridized carbons (Fsp3) is 0.370. The lowest BCUT2D eigenvalue weighted by atomic mass is 9.94. The first-order valence-electron chi connectivity index (χ1n) is 11.2. The number of rotatable bonds is 3. The summed E-state index contributed by atoms with van der Waals surface area (Å²) in [6, 6.07) is 9.06. The summed E-state index contributed by atoms with van der Waals surface area (Å²) < 4.78 is 2.17. The molecule has 2 aromatic heterocycles. The van der Waals surface area contributed by atoms with Crippen LogP contribution in [-0.4, -0.2) is 9.97 Å². The first-order valence-corrected chi connectivity index (χ1v) is 11.2. The third kappa shape index (κ3) is 3.17. The van der Waals surface area contributed by atoms with Crippen LogP contribution in [0.4, 0.5) is 0 Å². The maximum Gasteiger partial charge on any atom is 0.287 e. The molecule has 30 heavy (non-hydrogen) atoms. The van der Waals surface area contributed by atoms with E-state index in [4.69, 9.17) is 9.97 Å². The molecule has 0 aliphatic heterocycles. The van der Waals surface area contributed by atoms with Gasteiger partial charge in [0, 0.05) is 23.8 Å². The number of benzene rings is 1. The molecule has 0 saturated heterocycles. The molecule has 0 unspecified atom stereocenters. The van der Waals surface area contributed by atoms with Gasteiger partial charge in [-0.1, -0.05) is 36.6 Å². The number of aryl methyl sites for hydroxylation is 3. The predicted octanol–water partition coefficient (Wildman–Crippen LogP) is 5.54. The highest BCUT2D eigenvalue weighted by Crippen LogP contribution is 2.38. The third-order valence-electron chi connectivity index (χ3n) is 7.01. The molecule has 0 bridgehead atoms. The Morgan fingerprint density at radius 2 is 1.80 bits per heavy atom. The highest BCUT2D eigenvalue weighted by Gasteiger charge is 2.30. The van der Waals surface area contributed by atoms with Gasteiger partial charge in [-0.05, 0) is 73.3 Å². The van der Waals surface area contributed by atoms with Crippen LogP contribution in [0.3, 0.4) is 0 Å². The Morgan fingerprint density at radius 1 is 1.00 bits per heavy atom. The Hall–Kier alpha value is -2.81. The number of hydrogen-bond acceptors (Lipinski definition) is 2. The Bertz CT molecular complexity index is 1150. The van der Waals surface area contributed by atoms with Gasteiger partial charge in [0.1, 0.15) is 5.69 Å². The Morgan fingerprint density at radius 3 is 2.53 bits per heavy atom. The summed E-state index contributed by atoms with van der Waals surface area (Å²) in [4.78, 5) is 9.69. The second kappa shape index (κ2) is 7.46. The van der Waals surface area contributed by atoms with Gasteiger partial charge >= 0.3 is 0 Å². The van der Waals surface area contributed by atoms with Gasteiger partial charge in [-0.2, -0.15) is 0 Å². The van der Waals surface area contributed by atoms with Crippen LogP contribution in [0, 0.1) is 20.8 Å². The molecule has 0 atom stereocenters. The summed E-state index contributed by atoms with van der Waals surface area (Å²) in [5.74, 6) is 0.702. The highest BCUT2D eigenvalue weighted by atomic mass is 15.0. The fourth-order valence-corrected chi connectivity index (χ4v) is 5.26. The van der Waals surface area contributed by atoms with Gasteiger partial charge in [-0.25, -0.2) is 4.57 Å². The molecule has 2 heterocycles. The lowest BCUT2D eigenvalue weighted by molar-refractivity contribution is -0.663. The van der Waals surface area contributed by atoms with Gasteiger partial charge in [0.2, 0.25) is 0 Å². The first kappa shape index (κ1) is 19.2. The Kier molecular flexibility index (Phi) is 4.77. The van der Waals surface area contributed by atoms with Gasteiger partial charge in [-0.15, -0.1) is 0 Å². The van der Waals surface area contributed by atoms with E-state index in [1.54, 1.807) is 0 Å². The molecule has 1 aromatic carbocycles. The summed E-state index contributed by atoms with van der Waals surface area (Å²) in [7, 11) is 2.10. The van der Waals surface area contributed by atoms with Crippen molar-refractivity contribution in [3.05, 3.63) is 82.1 Å². The summed E-state index contributed by atoms with van der Waals surface area (Å²) in [5.41, 5.74) is 12.6. The van der Waals surface area contributed by atoms with Crippen LogP contribution in [0.1, 0.15) is 70.8 Å². The van der Waals surface area contributed by atoms with Crippen molar-refractivity contribution >= 4 is 5.57 Å². The zero-order valence-corrected chi connectivity index (χ0v) is 18.5. The molecule has 0 spiro atoms. The maximum absolute atomic E-state index is 4.86. The average molecular weight is 397 g/mol. The van der Waals surface area contributed by atoms with E-state index in [-0.39, 0.29) is 0 Å². The predicted molar refractivity (Wildman–Crippen MR) is 121 cm³/mol. The molecule has 3 nitrogen and oxygen atoms in total. The van der Waals surface area contributed by atoms with Crippen molar-refractivity contribution in [2.24, 2.45) is 7.05 Å². The minimum absolute atomic E-state index is 0.702. The zero-order valence-electron chi connectivity index (χ0n) is 18.5. The maximum atomic E-state index is 4.86. The van der Waals surface area contributed by atoms with Crippen molar-refractivity contribution in [3.8, 4) is 11.3 Å². The molecule has 3 heteroatoms. The lowest BCUT2D eigenvalue weighted by Gasteiger charge is -2.13. The van der Waals surface area contributed by atoms with E-state index in [0.29, 0.717) is 5.92 Å². The van der Waals surface area contributed by atoms with Gasteiger partial charge in [0.05, 0.1) is 18.3 Å². The van der Waals surface area contributed by atoms with Gasteiger partial charge in [0.15, 0.2) is 5.69 Å². The van der Waals surface area contributed by atoms with Gasteiger partial charge < -0.3 is 0 Å². The monoisotopic (exact) mass is 396 g/mol. The number of pyridine rings is 1. The smallest absolute Gasteiger partial charge is 0.256 e. The van der Waals surface area contributed by atoms with Crippen molar-refractivity contribution < 1.29 is 4.57 Å². The largest absolute Gasteiger partial charge is 0.287 e. The molecule has 0 radical (unpaired) electrons. The summed E-state index contributed by atoms with van der Waals surface area (Å²) >= 11 is 0. The molecular formula is C27H30N3+. The number of allylic oxidation sites excluding steroid dienone is 1. The quantitative estimate of drug-likeness (QED) is 0.544. The van der Waals surface area contributed by atoms with E-state index in [1.807, 2.05) is 6.33 Å². The third-order valence-corrected chi connectivity index (χ3v) is 7.01. The van der Waals surface area contributed by atoms with Gasteiger partial charge in [0.25, 0.3) is 6.33 Å². The zero-order chi connectivity index (χ0) is 20.8. The van der Waals surface area contributed by atoms with E-state index in [2.05, 4.69) is 68.9 Å². The molecule has 0 amide bonds. The number of aromatic nitrogens is 3. The lowest BCUT2D eigenvalue weighted by Crippen LogP contribution is -2.33. The number of fused-ring (bicyclic) bond motifs is 1. The SMILES string of the molecule is Cc1cc(C)c(C)c(-c2c3c(nc[n+]2C)C(c2ccc(C4CCCC4)cn2)=CC3)c1. The van der Waals surface area contributed by atoms with E-state index in [1.165, 1.54) is 70.3 Å². The van der Waals surface area contributed by atoms with Crippen LogP contribution in [-0.2, 0) is 13.5 Å². The average Bonchev–Trinajstić information content (AvgIpc) is 3.41. The summed E-state index contributed by atoms with van der Waals surface area (Å²) in [5, 5.41) is 0. The summed E-state index contributed by atoms with van der Waals surface area (Å²) in [6.45, 7) is 6.60. The molecule has 1 fully saturated rings. The van der Waals surface area contributed by atoms with Crippen molar-refractivity contribution in [2.45, 2.75) is 58.8 Å². The van der Waals surface area contributed by atoms with Crippen LogP contribution < -0.4 is 4.57 Å². The fourth-order valence-electron chi connectivity index (χ4n) is 5.26. The molecule has 2 aliphatic rings. The van der Waals surface area contributed by atoms with Crippen LogP contribution in [0.15, 0.2) is 42.9 Å². The minimum atomic E-state index is 0.702. The molecule has 5 rings (SSSR count). The van der Waals surface area contributed by atoms with E-state index < -0.39 is 0 Å². The summed E-state index contributed by atoms with van der Waals surface area (Å²) in [6.07, 6.45) is 12.6. The van der Waals surface area contributed by atoms with Crippen molar-refractivity contribution in [3.63, 3.8) is 0 Å². The van der Waals surface area contributed by atoms with Crippen LogP contribution in [0.2, 0.25) is 0 Å². The normalized spacial score (nSPS) is 16.1. The van der Waals surface area contributed by atoms with E-state index in [9.17, 15) is 0 Å². The second-order valence-electron chi connectivity index (χ2n) is 9.07. The topological polar surface area (TPSA) is 29.7 Å². The standard InChI is InChI=1S/C27H30N3/c1-17-13-18(2)19(3)24(14-17)27-23-11-10-22(26(23)29-16-30(27)4)25-12-9-21(15-28-25)20-7-5-6-8-20/h9-10,12-16,20H,5-8,11H2,1-4H3/q+1. The van der Waals surface area contributed by atoms with E-state index >= 15 is 0 Å². The molecule has 0 N–H and O–H groups in total. The Labute approximate surface area is 179 Å². The van der Waals surface area contributed by atoms with Gasteiger partial charge in [-0.3, -0.25) is 4.98 Å². The second-order valence-corrected chi connectivity index (χ2v) is 9.07. The number of nitrogens with zero attached hydrogens (tertiary/aromatic N) is 3. The van der Waals surface area contributed by atoms with Crippen molar-refractivity contribution in [1.82, 2.24) is 9.97 Å². The molecule has 152 valence electrons. The van der Waals surface area contributed by atoms with Crippen molar-refractivity contribution in [2.75, 3.05) is 0 Å². The molecular weight excluding hydrogens is 366 g/mol. The highest BCUT2D eigenvalue weighted by molar-refractivity contribution is 5.84. The molecule has 2 aliphatic carbocycles. The molecule has 1 saturated carbocycles. The van der Waals surface area contributed by atoms with Crippen LogP contribution in [0.5, 0.6) is 0 Å². The minimum Gasteiger partial charge on any atom is -0.256 e. The van der Waals surface area contributed by atoms with E-state index in [0.717, 1.165) is 17.8 Å². The van der Waals surface area contributed by atoms with Crippen molar-refractivity contribution in [1.29, 1.82) is 0 Å². The van der Waals surface area contributed by atoms with Crippen LogP contribution >= 0.6 is 0 Å². The van der Waals surface area contributed by atoms with Crippen LogP contribution in [0.25, 0.3) is 16.8 Å². The first-order chi connectivity index (χ1) is 14.5. The number of hydrogen-bond donors (Lipinski definition) is 0. The Balaban J connectivity index is 1.55.